The fraction of sp³-hybridized carbons (Fsp3) is 0.333. The van der Waals surface area contributed by atoms with Gasteiger partial charge in [-0.2, -0.15) is 0 Å². The van der Waals surface area contributed by atoms with E-state index >= 15 is 0 Å². The second-order valence-electron chi connectivity index (χ2n) is 4.41. The van der Waals surface area contributed by atoms with Crippen molar-refractivity contribution in [3.63, 3.8) is 0 Å². The van der Waals surface area contributed by atoms with Crippen LogP contribution >= 0.6 is 11.3 Å². The molecule has 0 amide bonds. The van der Waals surface area contributed by atoms with Gasteiger partial charge in [-0.15, -0.1) is 4.68 Å². The van der Waals surface area contributed by atoms with Crippen LogP contribution in [0.4, 0.5) is 21.6 Å². The van der Waals surface area contributed by atoms with Crippen LogP contribution in [0.15, 0.2) is 28.4 Å². The largest absolute Gasteiger partial charge is 0.431 e. The Kier molecular flexibility index (Phi) is 3.75. The summed E-state index contributed by atoms with van der Waals surface area (Å²) in [5.74, 6) is 0. The molecule has 7 heteroatoms. The van der Waals surface area contributed by atoms with Gasteiger partial charge in [0.2, 0.25) is 5.13 Å². The lowest BCUT2D eigenvalue weighted by atomic mass is 10.1. The summed E-state index contributed by atoms with van der Waals surface area (Å²) in [5, 5.41) is 13.6. The van der Waals surface area contributed by atoms with E-state index in [1.165, 1.54) is 17.0 Å². The van der Waals surface area contributed by atoms with Crippen molar-refractivity contribution in [2.75, 3.05) is 24.7 Å². The molecule has 2 aromatic rings. The van der Waals surface area contributed by atoms with Crippen LogP contribution in [-0.4, -0.2) is 19.2 Å². The van der Waals surface area contributed by atoms with E-state index in [2.05, 4.69) is 27.2 Å². The molecule has 0 aliphatic heterocycles. The van der Waals surface area contributed by atoms with Gasteiger partial charge in [-0.25, -0.2) is 0 Å². The molecule has 0 aliphatic rings. The van der Waals surface area contributed by atoms with Crippen molar-refractivity contribution in [3.8, 4) is 0 Å². The topological polar surface area (TPSA) is 70.7 Å². The van der Waals surface area contributed by atoms with E-state index < -0.39 is 0 Å². The number of hydrogen-bond acceptors (Lipinski definition) is 6. The van der Waals surface area contributed by atoms with Crippen molar-refractivity contribution in [1.29, 1.82) is 0 Å². The quantitative estimate of drug-likeness (QED) is 0.691. The first-order valence-electron chi connectivity index (χ1n) is 5.79. The highest BCUT2D eigenvalue weighted by molar-refractivity contribution is 7.18. The van der Waals surface area contributed by atoms with E-state index in [9.17, 15) is 0 Å². The molecule has 0 saturated heterocycles. The summed E-state index contributed by atoms with van der Waals surface area (Å²) in [6.07, 6.45) is 0. The van der Waals surface area contributed by atoms with Crippen molar-refractivity contribution >= 4 is 33.0 Å². The predicted molar refractivity (Wildman–Crippen MR) is 77.4 cm³/mol. The molecule has 6 nitrogen and oxygen atoms in total. The van der Waals surface area contributed by atoms with Crippen LogP contribution in [0.25, 0.3) is 0 Å². The van der Waals surface area contributed by atoms with Crippen LogP contribution in [0, 0.1) is 6.92 Å². The third kappa shape index (κ3) is 3.05. The zero-order chi connectivity index (χ0) is 14.0. The third-order valence-electron chi connectivity index (χ3n) is 2.63. The molecule has 2 N–H and O–H groups in total. The molecule has 1 heterocycles. The lowest BCUT2D eigenvalue weighted by Gasteiger charge is -2.14. The average Bonchev–Trinajstić information content (AvgIpc) is 2.65. The molecule has 0 atom stereocenters. The van der Waals surface area contributed by atoms with Crippen molar-refractivity contribution in [2.24, 2.45) is 17.3 Å². The lowest BCUT2D eigenvalue weighted by Crippen LogP contribution is -2.29. The monoisotopic (exact) mass is 277 g/mol. The van der Waals surface area contributed by atoms with Gasteiger partial charge in [0.1, 0.15) is 12.7 Å². The van der Waals surface area contributed by atoms with Crippen LogP contribution in [-0.2, 0) is 7.05 Å². The minimum Gasteiger partial charge on any atom is -0.377 e. The summed E-state index contributed by atoms with van der Waals surface area (Å²) in [5.41, 5.74) is 8.75. The molecule has 0 radical (unpaired) electrons. The first-order valence-corrected chi connectivity index (χ1v) is 6.61. The number of anilines is 2. The average molecular weight is 277 g/mol. The summed E-state index contributed by atoms with van der Waals surface area (Å²) < 4.78 is 1.62. The molecular formula is C12H17N6S+. The zero-order valence-corrected chi connectivity index (χ0v) is 12.3. The fourth-order valence-corrected chi connectivity index (χ4v) is 2.36. The van der Waals surface area contributed by atoms with Gasteiger partial charge in [0.25, 0.3) is 0 Å². The normalized spacial score (nSPS) is 11.2. The first kappa shape index (κ1) is 13.4. The highest BCUT2D eigenvalue weighted by Gasteiger charge is 2.13. The maximum Gasteiger partial charge on any atom is 0.431 e. The van der Waals surface area contributed by atoms with Gasteiger partial charge < -0.3 is 10.6 Å². The smallest absolute Gasteiger partial charge is 0.377 e. The molecule has 0 unspecified atom stereocenters. The zero-order valence-electron chi connectivity index (χ0n) is 11.5. The number of rotatable bonds is 3. The standard InChI is InChI=1S/C12H17N6S/c1-8-7-9(5-6-10(8)17(2)3)14-15-12-18(4)16-11(13)19-12/h5-7H,1-4H3,(H2,13,16)/q+1. The van der Waals surface area contributed by atoms with E-state index in [1.807, 2.05) is 32.3 Å². The molecule has 0 saturated carbocycles. The van der Waals surface area contributed by atoms with Gasteiger partial charge >= 0.3 is 5.13 Å². The number of aryl methyl sites for hydroxylation is 2. The number of aromatic nitrogens is 2. The van der Waals surface area contributed by atoms with Gasteiger partial charge in [0, 0.05) is 19.8 Å². The fourth-order valence-electron chi connectivity index (χ4n) is 1.76. The molecule has 1 aromatic carbocycles. The minimum atomic E-state index is 0.482. The molecule has 1 aromatic heterocycles. The molecule has 100 valence electrons. The summed E-state index contributed by atoms with van der Waals surface area (Å²) in [4.78, 5) is 2.07. The second kappa shape index (κ2) is 5.31. The first-order chi connectivity index (χ1) is 8.97. The Morgan fingerprint density at radius 3 is 2.58 bits per heavy atom. The molecular weight excluding hydrogens is 260 g/mol. The van der Waals surface area contributed by atoms with Gasteiger partial charge in [-0.3, -0.25) is 0 Å². The Bertz CT molecular complexity index is 617. The number of benzene rings is 1. The SMILES string of the molecule is Cc1cc(N=Nc2sc(N)n[n+]2C)ccc1N(C)C. The predicted octanol–water partition coefficient (Wildman–Crippen LogP) is 2.34. The third-order valence-corrected chi connectivity index (χ3v) is 3.45. The van der Waals surface area contributed by atoms with Gasteiger partial charge in [-0.1, -0.05) is 5.10 Å². The van der Waals surface area contributed by atoms with E-state index in [1.54, 1.807) is 11.7 Å². The number of hydrogen-bond donors (Lipinski definition) is 1. The van der Waals surface area contributed by atoms with Gasteiger partial charge in [-0.05, 0) is 47.1 Å². The van der Waals surface area contributed by atoms with Crippen LogP contribution in [0.1, 0.15) is 5.56 Å². The maximum absolute atomic E-state index is 5.61. The molecule has 0 aliphatic carbocycles. The molecule has 2 rings (SSSR count). The van der Waals surface area contributed by atoms with E-state index in [-0.39, 0.29) is 0 Å². The molecule has 0 spiro atoms. The van der Waals surface area contributed by atoms with Crippen LogP contribution in [0.2, 0.25) is 0 Å². The lowest BCUT2D eigenvalue weighted by molar-refractivity contribution is -0.712. The Labute approximate surface area is 116 Å². The van der Waals surface area contributed by atoms with Crippen LogP contribution < -0.4 is 15.3 Å². The van der Waals surface area contributed by atoms with Crippen molar-refractivity contribution in [3.05, 3.63) is 23.8 Å². The van der Waals surface area contributed by atoms with E-state index in [4.69, 9.17) is 5.73 Å². The highest BCUT2D eigenvalue weighted by Crippen LogP contribution is 2.26. The number of nitrogen functional groups attached to an aromatic ring is 1. The minimum absolute atomic E-state index is 0.482. The van der Waals surface area contributed by atoms with E-state index in [0.717, 1.165) is 11.3 Å². The number of azo groups is 1. The van der Waals surface area contributed by atoms with Crippen molar-refractivity contribution < 1.29 is 4.68 Å². The second-order valence-corrected chi connectivity index (χ2v) is 5.40. The Morgan fingerprint density at radius 2 is 2.05 bits per heavy atom. The van der Waals surface area contributed by atoms with Crippen molar-refractivity contribution in [2.45, 2.75) is 6.92 Å². The molecule has 0 fully saturated rings. The van der Waals surface area contributed by atoms with E-state index in [0.29, 0.717) is 10.3 Å². The maximum atomic E-state index is 5.61. The van der Waals surface area contributed by atoms with Crippen LogP contribution in [0.3, 0.4) is 0 Å². The Balaban J connectivity index is 2.24. The summed E-state index contributed by atoms with van der Waals surface area (Å²) in [6, 6.07) is 5.98. The molecule has 19 heavy (non-hydrogen) atoms. The number of nitrogens with two attached hydrogens (primary N) is 1. The molecule has 0 bridgehead atoms. The summed E-state index contributed by atoms with van der Waals surface area (Å²) in [6.45, 7) is 2.05. The number of nitrogens with zero attached hydrogens (tertiary/aromatic N) is 5. The van der Waals surface area contributed by atoms with Crippen molar-refractivity contribution in [1.82, 2.24) is 5.10 Å². The summed E-state index contributed by atoms with van der Waals surface area (Å²) >= 11 is 1.31. The summed E-state index contributed by atoms with van der Waals surface area (Å²) in [7, 11) is 5.83. The Morgan fingerprint density at radius 1 is 1.32 bits per heavy atom. The van der Waals surface area contributed by atoms with Crippen LogP contribution in [0.5, 0.6) is 0 Å². The van der Waals surface area contributed by atoms with Gasteiger partial charge in [0.15, 0.2) is 0 Å². The highest BCUT2D eigenvalue weighted by atomic mass is 32.1. The Hall–Kier alpha value is -2.02. The van der Waals surface area contributed by atoms with Gasteiger partial charge in [0.05, 0.1) is 5.11 Å².